The van der Waals surface area contributed by atoms with Gasteiger partial charge in [-0.05, 0) is 18.1 Å². The van der Waals surface area contributed by atoms with Gasteiger partial charge in [0, 0.05) is 12.2 Å². The van der Waals surface area contributed by atoms with Crippen molar-refractivity contribution in [1.29, 1.82) is 0 Å². The fourth-order valence-corrected chi connectivity index (χ4v) is 2.15. The van der Waals surface area contributed by atoms with E-state index in [4.69, 9.17) is 10.2 Å². The third kappa shape index (κ3) is 2.87. The molecular formula is C13H14N2O5. The average molecular weight is 278 g/mol. The molecule has 2 rings (SSSR count). The number of urea groups is 1. The number of hydrogen-bond donors (Lipinski definition) is 3. The summed E-state index contributed by atoms with van der Waals surface area (Å²) in [6.07, 6.45) is 0.0385. The van der Waals surface area contributed by atoms with Gasteiger partial charge in [0.2, 0.25) is 0 Å². The Morgan fingerprint density at radius 2 is 1.95 bits per heavy atom. The normalized spacial score (nSPS) is 14.5. The molecule has 1 aromatic rings. The molecule has 1 heterocycles. The lowest BCUT2D eigenvalue weighted by molar-refractivity contribution is -0.145. The zero-order chi connectivity index (χ0) is 14.7. The fraction of sp³-hybridized carbons (Fsp3) is 0.308. The van der Waals surface area contributed by atoms with Crippen LogP contribution >= 0.6 is 0 Å². The van der Waals surface area contributed by atoms with E-state index in [9.17, 15) is 14.4 Å². The minimum Gasteiger partial charge on any atom is -0.481 e. The van der Waals surface area contributed by atoms with Crippen molar-refractivity contribution in [2.75, 3.05) is 11.4 Å². The third-order valence-corrected chi connectivity index (χ3v) is 3.11. The molecule has 0 saturated heterocycles. The number of para-hydroxylation sites is 1. The predicted octanol–water partition coefficient (Wildman–Crippen LogP) is 0.687. The van der Waals surface area contributed by atoms with E-state index in [-0.39, 0.29) is 0 Å². The van der Waals surface area contributed by atoms with Crippen molar-refractivity contribution < 1.29 is 24.6 Å². The number of amides is 2. The summed E-state index contributed by atoms with van der Waals surface area (Å²) < 4.78 is 0. The van der Waals surface area contributed by atoms with Crippen LogP contribution in [0.4, 0.5) is 10.5 Å². The Hall–Kier alpha value is -2.57. The second-order valence-electron chi connectivity index (χ2n) is 4.47. The third-order valence-electron chi connectivity index (χ3n) is 3.11. The highest BCUT2D eigenvalue weighted by Crippen LogP contribution is 2.27. The molecule has 1 aromatic carbocycles. The Balaban J connectivity index is 2.09. The Morgan fingerprint density at radius 3 is 2.60 bits per heavy atom. The molecule has 0 fully saturated rings. The minimum absolute atomic E-state index is 0.449. The minimum atomic E-state index is -1.44. The van der Waals surface area contributed by atoms with Crippen LogP contribution in [0, 0.1) is 0 Å². The molecule has 0 aromatic heterocycles. The molecular weight excluding hydrogens is 264 g/mol. The summed E-state index contributed by atoms with van der Waals surface area (Å²) in [6.45, 7) is 0.449. The van der Waals surface area contributed by atoms with Gasteiger partial charge in [0.05, 0.1) is 6.42 Å². The van der Waals surface area contributed by atoms with Crippen LogP contribution < -0.4 is 10.2 Å². The molecule has 0 radical (unpaired) electrons. The van der Waals surface area contributed by atoms with Gasteiger partial charge in [0.15, 0.2) is 0 Å². The number of benzene rings is 1. The van der Waals surface area contributed by atoms with E-state index < -0.39 is 30.4 Å². The van der Waals surface area contributed by atoms with Crippen molar-refractivity contribution in [2.45, 2.75) is 18.9 Å². The van der Waals surface area contributed by atoms with Gasteiger partial charge < -0.3 is 15.5 Å². The summed E-state index contributed by atoms with van der Waals surface area (Å²) in [5.41, 5.74) is 1.73. The van der Waals surface area contributed by atoms with Crippen LogP contribution in [-0.4, -0.2) is 40.8 Å². The van der Waals surface area contributed by atoms with Gasteiger partial charge in [-0.2, -0.15) is 0 Å². The maximum atomic E-state index is 12.1. The standard InChI is InChI=1S/C13H14N2O5/c16-11(17)7-9(12(18)19)14-13(20)15-6-5-8-3-1-2-4-10(8)15/h1-4,9H,5-7H2,(H,14,20)(H,16,17)(H,18,19)/t9-/m1/s1. The van der Waals surface area contributed by atoms with Crippen molar-refractivity contribution in [1.82, 2.24) is 5.32 Å². The summed E-state index contributed by atoms with van der Waals surface area (Å²) in [5.74, 6) is -2.65. The molecule has 0 unspecified atom stereocenters. The van der Waals surface area contributed by atoms with Crippen LogP contribution in [0.2, 0.25) is 0 Å². The number of rotatable bonds is 4. The van der Waals surface area contributed by atoms with E-state index in [0.29, 0.717) is 13.0 Å². The fourth-order valence-electron chi connectivity index (χ4n) is 2.15. The number of carboxylic acid groups (broad SMARTS) is 2. The number of aliphatic carboxylic acids is 2. The van der Waals surface area contributed by atoms with E-state index in [2.05, 4.69) is 5.32 Å². The van der Waals surface area contributed by atoms with E-state index in [0.717, 1.165) is 11.3 Å². The van der Waals surface area contributed by atoms with Gasteiger partial charge in [-0.25, -0.2) is 9.59 Å². The molecule has 7 nitrogen and oxygen atoms in total. The molecule has 1 aliphatic heterocycles. The van der Waals surface area contributed by atoms with Crippen LogP contribution in [0.3, 0.4) is 0 Å². The highest BCUT2D eigenvalue weighted by atomic mass is 16.4. The largest absolute Gasteiger partial charge is 0.481 e. The topological polar surface area (TPSA) is 107 Å². The Labute approximate surface area is 114 Å². The van der Waals surface area contributed by atoms with Crippen LogP contribution in [0.5, 0.6) is 0 Å². The first-order valence-corrected chi connectivity index (χ1v) is 6.09. The van der Waals surface area contributed by atoms with Gasteiger partial charge in [0.1, 0.15) is 6.04 Å². The van der Waals surface area contributed by atoms with E-state index in [1.807, 2.05) is 12.1 Å². The van der Waals surface area contributed by atoms with Crippen molar-refractivity contribution in [3.8, 4) is 0 Å². The van der Waals surface area contributed by atoms with Crippen LogP contribution in [-0.2, 0) is 16.0 Å². The lowest BCUT2D eigenvalue weighted by atomic mass is 10.2. The summed E-state index contributed by atoms with van der Waals surface area (Å²) in [5, 5.41) is 19.8. The second-order valence-corrected chi connectivity index (χ2v) is 4.47. The Morgan fingerprint density at radius 1 is 1.25 bits per heavy atom. The number of nitrogens with one attached hydrogen (secondary N) is 1. The number of hydrogen-bond acceptors (Lipinski definition) is 3. The summed E-state index contributed by atoms with van der Waals surface area (Å²) in [4.78, 5) is 35.0. The van der Waals surface area contributed by atoms with Gasteiger partial charge in [-0.1, -0.05) is 18.2 Å². The van der Waals surface area contributed by atoms with Crippen LogP contribution in [0.15, 0.2) is 24.3 Å². The number of carbonyl (C=O) groups is 3. The maximum Gasteiger partial charge on any atom is 0.326 e. The van der Waals surface area contributed by atoms with E-state index >= 15 is 0 Å². The molecule has 20 heavy (non-hydrogen) atoms. The molecule has 1 aliphatic rings. The molecule has 106 valence electrons. The molecule has 0 spiro atoms. The number of anilines is 1. The summed E-state index contributed by atoms with van der Waals surface area (Å²) in [6, 6.07) is 5.29. The van der Waals surface area contributed by atoms with Crippen molar-refractivity contribution >= 4 is 23.7 Å². The monoisotopic (exact) mass is 278 g/mol. The summed E-state index contributed by atoms with van der Waals surface area (Å²) >= 11 is 0. The Bertz CT molecular complexity index is 557. The highest BCUT2D eigenvalue weighted by Gasteiger charge is 2.29. The number of carbonyl (C=O) groups excluding carboxylic acids is 1. The lowest BCUT2D eigenvalue weighted by Crippen LogP contribution is -2.48. The van der Waals surface area contributed by atoms with Crippen LogP contribution in [0.25, 0.3) is 0 Å². The zero-order valence-corrected chi connectivity index (χ0v) is 10.6. The lowest BCUT2D eigenvalue weighted by Gasteiger charge is -2.20. The molecule has 0 bridgehead atoms. The van der Waals surface area contributed by atoms with E-state index in [1.54, 1.807) is 12.1 Å². The van der Waals surface area contributed by atoms with Gasteiger partial charge in [-0.15, -0.1) is 0 Å². The molecule has 3 N–H and O–H groups in total. The summed E-state index contributed by atoms with van der Waals surface area (Å²) in [7, 11) is 0. The molecule has 0 aliphatic carbocycles. The second kappa shape index (κ2) is 5.60. The molecule has 2 amide bonds. The number of fused-ring (bicyclic) bond motifs is 1. The van der Waals surface area contributed by atoms with Gasteiger partial charge in [-0.3, -0.25) is 9.69 Å². The Kier molecular flexibility index (Phi) is 3.88. The predicted molar refractivity (Wildman–Crippen MR) is 69.7 cm³/mol. The van der Waals surface area contributed by atoms with E-state index in [1.165, 1.54) is 4.90 Å². The average Bonchev–Trinajstić information content (AvgIpc) is 2.81. The van der Waals surface area contributed by atoms with Crippen molar-refractivity contribution in [2.24, 2.45) is 0 Å². The zero-order valence-electron chi connectivity index (χ0n) is 10.6. The quantitative estimate of drug-likeness (QED) is 0.751. The molecule has 1 atom stereocenters. The SMILES string of the molecule is O=C(O)C[C@@H](NC(=O)N1CCc2ccccc21)C(=O)O. The first kappa shape index (κ1) is 13.9. The number of nitrogens with zero attached hydrogens (tertiary/aromatic N) is 1. The molecule has 7 heteroatoms. The maximum absolute atomic E-state index is 12.1. The van der Waals surface area contributed by atoms with Crippen LogP contribution in [0.1, 0.15) is 12.0 Å². The number of carboxylic acids is 2. The first-order valence-electron chi connectivity index (χ1n) is 6.09. The van der Waals surface area contributed by atoms with Crippen molar-refractivity contribution in [3.05, 3.63) is 29.8 Å². The first-order chi connectivity index (χ1) is 9.49. The highest BCUT2D eigenvalue weighted by molar-refractivity contribution is 5.97. The van der Waals surface area contributed by atoms with Gasteiger partial charge in [0.25, 0.3) is 0 Å². The van der Waals surface area contributed by atoms with Gasteiger partial charge >= 0.3 is 18.0 Å². The molecule has 0 saturated carbocycles. The smallest absolute Gasteiger partial charge is 0.326 e. The van der Waals surface area contributed by atoms with Crippen molar-refractivity contribution in [3.63, 3.8) is 0 Å².